The first-order valence-corrected chi connectivity index (χ1v) is 7.59. The van der Waals surface area contributed by atoms with E-state index in [1.165, 1.54) is 0 Å². The number of aliphatic carboxylic acids is 1. The summed E-state index contributed by atoms with van der Waals surface area (Å²) in [5.41, 5.74) is 0.794. The normalized spacial score (nSPS) is 12.4. The zero-order valence-electron chi connectivity index (χ0n) is 11.8. The number of hydrogen-bond acceptors (Lipinski definition) is 3. The summed E-state index contributed by atoms with van der Waals surface area (Å²) in [5, 5.41) is 9.31. The van der Waals surface area contributed by atoms with Gasteiger partial charge in [-0.1, -0.05) is 32.9 Å². The van der Waals surface area contributed by atoms with E-state index in [4.69, 9.17) is 9.84 Å². The van der Waals surface area contributed by atoms with Crippen molar-refractivity contribution in [1.29, 1.82) is 0 Å². The Morgan fingerprint density at radius 1 is 1.26 bits per heavy atom. The smallest absolute Gasteiger partial charge is 0.307 e. The van der Waals surface area contributed by atoms with E-state index in [9.17, 15) is 4.79 Å². The molecule has 1 rings (SSSR count). The highest BCUT2D eigenvalue weighted by Gasteiger charge is 2.07. The molecule has 0 bridgehead atoms. The lowest BCUT2D eigenvalue weighted by atomic mass is 10.1. The van der Waals surface area contributed by atoms with Crippen LogP contribution in [-0.4, -0.2) is 28.7 Å². The molecule has 0 amide bonds. The van der Waals surface area contributed by atoms with Gasteiger partial charge in [0.1, 0.15) is 5.75 Å². The van der Waals surface area contributed by atoms with Crippen molar-refractivity contribution in [3.63, 3.8) is 0 Å². The highest BCUT2D eigenvalue weighted by molar-refractivity contribution is 7.99. The molecule has 0 aliphatic carbocycles. The number of hydrogen-bond donors (Lipinski definition) is 1. The summed E-state index contributed by atoms with van der Waals surface area (Å²) in [5.74, 6) is 1.64. The van der Waals surface area contributed by atoms with Crippen molar-refractivity contribution in [1.82, 2.24) is 0 Å². The Kier molecular flexibility index (Phi) is 6.78. The van der Waals surface area contributed by atoms with E-state index in [1.54, 1.807) is 12.1 Å². The number of carbonyl (C=O) groups is 1. The molecule has 4 heteroatoms. The van der Waals surface area contributed by atoms with Crippen LogP contribution in [0.5, 0.6) is 5.75 Å². The van der Waals surface area contributed by atoms with E-state index in [1.807, 2.05) is 23.9 Å². The minimum atomic E-state index is -0.812. The van der Waals surface area contributed by atoms with Crippen LogP contribution in [0.15, 0.2) is 24.3 Å². The topological polar surface area (TPSA) is 46.5 Å². The Bertz CT molecular complexity index is 387. The van der Waals surface area contributed by atoms with Gasteiger partial charge >= 0.3 is 5.97 Å². The van der Waals surface area contributed by atoms with Crippen molar-refractivity contribution in [2.75, 3.05) is 12.4 Å². The van der Waals surface area contributed by atoms with Crippen LogP contribution >= 0.6 is 11.8 Å². The largest absolute Gasteiger partial charge is 0.493 e. The van der Waals surface area contributed by atoms with E-state index in [0.29, 0.717) is 17.8 Å². The van der Waals surface area contributed by atoms with E-state index in [-0.39, 0.29) is 6.42 Å². The minimum Gasteiger partial charge on any atom is -0.493 e. The molecule has 1 atom stereocenters. The summed E-state index contributed by atoms with van der Waals surface area (Å²) in [6, 6.07) is 7.25. The van der Waals surface area contributed by atoms with Gasteiger partial charge in [0.15, 0.2) is 0 Å². The van der Waals surface area contributed by atoms with Crippen LogP contribution in [0.2, 0.25) is 0 Å². The highest BCUT2D eigenvalue weighted by Crippen LogP contribution is 2.19. The highest BCUT2D eigenvalue weighted by atomic mass is 32.2. The fourth-order valence-corrected chi connectivity index (χ4v) is 2.40. The van der Waals surface area contributed by atoms with E-state index < -0.39 is 5.97 Å². The van der Waals surface area contributed by atoms with Crippen LogP contribution < -0.4 is 4.74 Å². The molecule has 0 aromatic heterocycles. The zero-order valence-corrected chi connectivity index (χ0v) is 12.6. The van der Waals surface area contributed by atoms with E-state index >= 15 is 0 Å². The maximum Gasteiger partial charge on any atom is 0.307 e. The summed E-state index contributed by atoms with van der Waals surface area (Å²) in [6.45, 7) is 7.36. The third-order valence-corrected chi connectivity index (χ3v) is 4.42. The molecule has 1 N–H and O–H groups in total. The van der Waals surface area contributed by atoms with E-state index in [0.717, 1.165) is 17.1 Å². The second kappa shape index (κ2) is 8.10. The first kappa shape index (κ1) is 15.9. The standard InChI is InChI=1S/C15H22O3S/c1-11(2)12(3)19-9-8-18-14-6-4-13(5-7-14)10-15(16)17/h4-7,11-12H,8-10H2,1-3H3,(H,16,17). The molecule has 0 heterocycles. The second-order valence-corrected chi connectivity index (χ2v) is 6.37. The number of carboxylic acids is 1. The summed E-state index contributed by atoms with van der Waals surface area (Å²) in [7, 11) is 0. The monoisotopic (exact) mass is 282 g/mol. The lowest BCUT2D eigenvalue weighted by Crippen LogP contribution is -2.09. The summed E-state index contributed by atoms with van der Waals surface area (Å²) < 4.78 is 5.63. The van der Waals surface area contributed by atoms with Gasteiger partial charge in [-0.15, -0.1) is 0 Å². The van der Waals surface area contributed by atoms with Crippen molar-refractivity contribution >= 4 is 17.7 Å². The Balaban J connectivity index is 2.28. The maximum atomic E-state index is 10.5. The molecule has 0 spiro atoms. The van der Waals surface area contributed by atoms with Crippen LogP contribution in [0.3, 0.4) is 0 Å². The molecular weight excluding hydrogens is 260 g/mol. The van der Waals surface area contributed by atoms with Crippen LogP contribution in [-0.2, 0) is 11.2 Å². The molecule has 1 unspecified atom stereocenters. The predicted molar refractivity (Wildman–Crippen MR) is 80.0 cm³/mol. The van der Waals surface area contributed by atoms with Crippen molar-refractivity contribution in [2.24, 2.45) is 5.92 Å². The fourth-order valence-electron chi connectivity index (χ4n) is 1.46. The summed E-state index contributed by atoms with van der Waals surface area (Å²) in [6.07, 6.45) is 0.0576. The maximum absolute atomic E-state index is 10.5. The molecule has 0 radical (unpaired) electrons. The summed E-state index contributed by atoms with van der Waals surface area (Å²) in [4.78, 5) is 10.5. The van der Waals surface area contributed by atoms with Gasteiger partial charge in [-0.3, -0.25) is 4.79 Å². The van der Waals surface area contributed by atoms with Crippen LogP contribution in [0.4, 0.5) is 0 Å². The molecule has 0 saturated carbocycles. The van der Waals surface area contributed by atoms with Gasteiger partial charge < -0.3 is 9.84 Å². The second-order valence-electron chi connectivity index (χ2n) is 4.88. The average molecular weight is 282 g/mol. The Hall–Kier alpha value is -1.16. The van der Waals surface area contributed by atoms with Gasteiger partial charge in [0.05, 0.1) is 13.0 Å². The molecule has 1 aromatic carbocycles. The molecule has 0 saturated heterocycles. The molecule has 0 aliphatic rings. The van der Waals surface area contributed by atoms with Crippen LogP contribution in [0.1, 0.15) is 26.3 Å². The number of benzene rings is 1. The number of ether oxygens (including phenoxy) is 1. The SMILES string of the molecule is CC(C)C(C)SCCOc1ccc(CC(=O)O)cc1. The van der Waals surface area contributed by atoms with Crippen molar-refractivity contribution in [3.8, 4) is 5.75 Å². The molecule has 106 valence electrons. The van der Waals surface area contributed by atoms with Gasteiger partial charge in [0, 0.05) is 11.0 Å². The van der Waals surface area contributed by atoms with Gasteiger partial charge in [0.25, 0.3) is 0 Å². The van der Waals surface area contributed by atoms with Gasteiger partial charge in [-0.25, -0.2) is 0 Å². The number of thioether (sulfide) groups is 1. The minimum absolute atomic E-state index is 0.0576. The molecule has 0 aliphatic heterocycles. The van der Waals surface area contributed by atoms with E-state index in [2.05, 4.69) is 20.8 Å². The quantitative estimate of drug-likeness (QED) is 0.742. The summed E-state index contributed by atoms with van der Waals surface area (Å²) >= 11 is 1.91. The van der Waals surface area contributed by atoms with Crippen molar-refractivity contribution in [3.05, 3.63) is 29.8 Å². The molecule has 19 heavy (non-hydrogen) atoms. The first-order chi connectivity index (χ1) is 8.99. The average Bonchev–Trinajstić information content (AvgIpc) is 2.35. The van der Waals surface area contributed by atoms with Crippen molar-refractivity contribution in [2.45, 2.75) is 32.4 Å². The van der Waals surface area contributed by atoms with Gasteiger partial charge in [-0.2, -0.15) is 11.8 Å². The Morgan fingerprint density at radius 2 is 1.89 bits per heavy atom. The Morgan fingerprint density at radius 3 is 2.42 bits per heavy atom. The third-order valence-electron chi connectivity index (χ3n) is 2.95. The fraction of sp³-hybridized carbons (Fsp3) is 0.533. The Labute approximate surface area is 119 Å². The zero-order chi connectivity index (χ0) is 14.3. The van der Waals surface area contributed by atoms with Gasteiger partial charge in [-0.05, 0) is 23.6 Å². The number of carboxylic acid groups (broad SMARTS) is 1. The molecule has 1 aromatic rings. The van der Waals surface area contributed by atoms with Gasteiger partial charge in [0.2, 0.25) is 0 Å². The molecular formula is C15H22O3S. The first-order valence-electron chi connectivity index (χ1n) is 6.54. The third kappa shape index (κ3) is 6.53. The van der Waals surface area contributed by atoms with Crippen LogP contribution in [0, 0.1) is 5.92 Å². The molecule has 0 fully saturated rings. The lowest BCUT2D eigenvalue weighted by Gasteiger charge is -2.15. The lowest BCUT2D eigenvalue weighted by molar-refractivity contribution is -0.136. The molecule has 3 nitrogen and oxygen atoms in total. The van der Waals surface area contributed by atoms with Crippen LogP contribution in [0.25, 0.3) is 0 Å². The van der Waals surface area contributed by atoms with Crippen molar-refractivity contribution < 1.29 is 14.6 Å². The number of rotatable bonds is 8. The predicted octanol–water partition coefficient (Wildman–Crippen LogP) is 3.47.